The van der Waals surface area contributed by atoms with E-state index in [1.807, 2.05) is 11.0 Å². The molecule has 2 aromatic rings. The summed E-state index contributed by atoms with van der Waals surface area (Å²) in [6.07, 6.45) is 0. The Balaban J connectivity index is 1.56. The second kappa shape index (κ2) is 7.21. The van der Waals surface area contributed by atoms with E-state index in [9.17, 15) is 13.6 Å². The van der Waals surface area contributed by atoms with Crippen molar-refractivity contribution in [3.8, 4) is 0 Å². The molecule has 0 bridgehead atoms. The highest BCUT2D eigenvalue weighted by molar-refractivity contribution is 6.30. The van der Waals surface area contributed by atoms with Crippen LogP contribution in [0.25, 0.3) is 0 Å². The van der Waals surface area contributed by atoms with E-state index in [0.29, 0.717) is 29.6 Å². The van der Waals surface area contributed by atoms with Crippen molar-refractivity contribution in [2.24, 2.45) is 11.8 Å². The molecule has 0 aliphatic carbocycles. The van der Waals surface area contributed by atoms with Crippen LogP contribution in [0.1, 0.15) is 24.1 Å². The van der Waals surface area contributed by atoms with Crippen LogP contribution in [0.4, 0.5) is 8.78 Å². The lowest BCUT2D eigenvalue weighted by atomic mass is 9.89. The van der Waals surface area contributed by atoms with E-state index >= 15 is 0 Å². The zero-order valence-corrected chi connectivity index (χ0v) is 15.8. The summed E-state index contributed by atoms with van der Waals surface area (Å²) >= 11 is 5.84. The van der Waals surface area contributed by atoms with Gasteiger partial charge in [0.05, 0.1) is 6.04 Å². The van der Waals surface area contributed by atoms with Crippen LogP contribution in [0.5, 0.6) is 0 Å². The number of benzene rings is 2. The molecule has 0 radical (unpaired) electrons. The predicted octanol–water partition coefficient (Wildman–Crippen LogP) is 4.27. The Morgan fingerprint density at radius 1 is 1.15 bits per heavy atom. The average Bonchev–Trinajstić information content (AvgIpc) is 3.14. The molecule has 2 aliphatic heterocycles. The fourth-order valence-electron chi connectivity index (χ4n) is 4.60. The molecule has 0 saturated carbocycles. The summed E-state index contributed by atoms with van der Waals surface area (Å²) in [4.78, 5) is 16.2. The molecule has 27 heavy (non-hydrogen) atoms. The number of carbonyl (C=O) groups is 1. The Bertz CT molecular complexity index is 875. The molecule has 2 aliphatic rings. The van der Waals surface area contributed by atoms with Gasteiger partial charge in [-0.2, -0.15) is 0 Å². The van der Waals surface area contributed by atoms with Gasteiger partial charge in [-0.15, -0.1) is 0 Å². The normalized spacial score (nSPS) is 25.0. The minimum Gasteiger partial charge on any atom is -0.335 e. The lowest BCUT2D eigenvalue weighted by Crippen LogP contribution is -2.34. The molecule has 2 aromatic carbocycles. The van der Waals surface area contributed by atoms with Crippen molar-refractivity contribution in [3.63, 3.8) is 0 Å². The van der Waals surface area contributed by atoms with E-state index in [0.717, 1.165) is 18.7 Å². The third-order valence-corrected chi connectivity index (χ3v) is 5.98. The van der Waals surface area contributed by atoms with Gasteiger partial charge in [-0.1, -0.05) is 29.8 Å². The van der Waals surface area contributed by atoms with Gasteiger partial charge in [-0.05, 0) is 35.7 Å². The van der Waals surface area contributed by atoms with E-state index in [1.165, 1.54) is 18.2 Å². The van der Waals surface area contributed by atoms with Crippen LogP contribution in [0.15, 0.2) is 42.5 Å². The maximum absolute atomic E-state index is 14.1. The molecule has 6 heteroatoms. The molecule has 0 spiro atoms. The smallest absolute Gasteiger partial charge is 0.219 e. The molecule has 0 aromatic heterocycles. The van der Waals surface area contributed by atoms with Crippen LogP contribution in [-0.4, -0.2) is 35.3 Å². The zero-order valence-electron chi connectivity index (χ0n) is 15.0. The predicted molar refractivity (Wildman–Crippen MR) is 100 cm³/mol. The van der Waals surface area contributed by atoms with Crippen molar-refractivity contribution in [2.75, 3.05) is 19.6 Å². The number of amides is 1. The summed E-state index contributed by atoms with van der Waals surface area (Å²) in [5.74, 6) is -0.0679. The highest BCUT2D eigenvalue weighted by atomic mass is 35.5. The van der Waals surface area contributed by atoms with Gasteiger partial charge in [-0.25, -0.2) is 8.78 Å². The number of hydrogen-bond donors (Lipinski definition) is 0. The SMILES string of the molecule is CC(=O)N1C[C@H]2CN(Cc3ccc(Cl)cc3F)C[C@H]2[C@@H]1c1cccc(F)c1. The maximum Gasteiger partial charge on any atom is 0.219 e. The number of rotatable bonds is 3. The molecule has 3 atom stereocenters. The van der Waals surface area contributed by atoms with Crippen molar-refractivity contribution < 1.29 is 13.6 Å². The molecule has 1 amide bonds. The summed E-state index contributed by atoms with van der Waals surface area (Å²) < 4.78 is 27.9. The van der Waals surface area contributed by atoms with Crippen LogP contribution in [0.2, 0.25) is 5.02 Å². The van der Waals surface area contributed by atoms with Crippen molar-refractivity contribution in [3.05, 3.63) is 70.2 Å². The molecular formula is C21H21ClF2N2O. The van der Waals surface area contributed by atoms with Crippen molar-refractivity contribution in [2.45, 2.75) is 19.5 Å². The van der Waals surface area contributed by atoms with Crippen molar-refractivity contribution in [1.29, 1.82) is 0 Å². The minimum absolute atomic E-state index is 0.00829. The topological polar surface area (TPSA) is 23.6 Å². The van der Waals surface area contributed by atoms with Gasteiger partial charge in [0, 0.05) is 49.6 Å². The van der Waals surface area contributed by atoms with E-state index in [1.54, 1.807) is 25.1 Å². The third-order valence-electron chi connectivity index (χ3n) is 5.74. The first-order valence-electron chi connectivity index (χ1n) is 9.11. The Kier molecular flexibility index (Phi) is 4.91. The third kappa shape index (κ3) is 3.58. The Morgan fingerprint density at radius 2 is 1.96 bits per heavy atom. The maximum atomic E-state index is 14.1. The summed E-state index contributed by atoms with van der Waals surface area (Å²) in [7, 11) is 0. The molecule has 0 unspecified atom stereocenters. The van der Waals surface area contributed by atoms with Crippen molar-refractivity contribution in [1.82, 2.24) is 9.80 Å². The quantitative estimate of drug-likeness (QED) is 0.781. The van der Waals surface area contributed by atoms with Crippen LogP contribution in [-0.2, 0) is 11.3 Å². The van der Waals surface area contributed by atoms with Gasteiger partial charge in [0.15, 0.2) is 0 Å². The first-order chi connectivity index (χ1) is 12.9. The van der Waals surface area contributed by atoms with Crippen LogP contribution < -0.4 is 0 Å². The highest BCUT2D eigenvalue weighted by Gasteiger charge is 2.48. The fraction of sp³-hybridized carbons (Fsp3) is 0.381. The second-order valence-corrected chi connectivity index (χ2v) is 7.96. The number of fused-ring (bicyclic) bond motifs is 1. The fourth-order valence-corrected chi connectivity index (χ4v) is 4.76. The summed E-state index contributed by atoms with van der Waals surface area (Å²) in [6.45, 7) is 4.26. The molecular weight excluding hydrogens is 370 g/mol. The van der Waals surface area contributed by atoms with Gasteiger partial charge >= 0.3 is 0 Å². The van der Waals surface area contributed by atoms with Gasteiger partial charge in [-0.3, -0.25) is 9.69 Å². The monoisotopic (exact) mass is 390 g/mol. The molecule has 3 nitrogen and oxygen atoms in total. The first-order valence-corrected chi connectivity index (χ1v) is 9.49. The van der Waals surface area contributed by atoms with Crippen LogP contribution in [0.3, 0.4) is 0 Å². The van der Waals surface area contributed by atoms with E-state index in [-0.39, 0.29) is 29.5 Å². The number of likely N-dealkylation sites (tertiary alicyclic amines) is 2. The van der Waals surface area contributed by atoms with E-state index in [2.05, 4.69) is 4.90 Å². The molecule has 2 saturated heterocycles. The Hall–Kier alpha value is -1.98. The molecule has 142 valence electrons. The zero-order chi connectivity index (χ0) is 19.1. The summed E-state index contributed by atoms with van der Waals surface area (Å²) in [6, 6.07) is 11.1. The van der Waals surface area contributed by atoms with Crippen LogP contribution >= 0.6 is 11.6 Å². The standard InChI is InChI=1S/C21H21ClF2N2O/c1-13(27)26-11-16-10-25(9-15-5-6-17(22)8-20(15)24)12-19(16)21(26)14-3-2-4-18(23)7-14/h2-8,16,19,21H,9-12H2,1H3/t16-,19-,21+/m1/s1. The number of nitrogens with zero attached hydrogens (tertiary/aromatic N) is 2. The lowest BCUT2D eigenvalue weighted by molar-refractivity contribution is -0.130. The molecule has 2 heterocycles. The van der Waals surface area contributed by atoms with Gasteiger partial charge in [0.25, 0.3) is 0 Å². The number of halogens is 3. The Labute approximate surface area is 162 Å². The van der Waals surface area contributed by atoms with E-state index in [4.69, 9.17) is 11.6 Å². The van der Waals surface area contributed by atoms with Gasteiger partial charge in [0.2, 0.25) is 5.91 Å². The van der Waals surface area contributed by atoms with Gasteiger partial charge < -0.3 is 4.90 Å². The number of hydrogen-bond acceptors (Lipinski definition) is 2. The average molecular weight is 391 g/mol. The highest BCUT2D eigenvalue weighted by Crippen LogP contribution is 2.45. The van der Waals surface area contributed by atoms with E-state index < -0.39 is 0 Å². The largest absolute Gasteiger partial charge is 0.335 e. The molecule has 2 fully saturated rings. The number of carbonyl (C=O) groups excluding carboxylic acids is 1. The van der Waals surface area contributed by atoms with Crippen molar-refractivity contribution >= 4 is 17.5 Å². The summed E-state index contributed by atoms with van der Waals surface area (Å²) in [5, 5.41) is 0.387. The van der Waals surface area contributed by atoms with Crippen LogP contribution in [0, 0.1) is 23.5 Å². The van der Waals surface area contributed by atoms with Gasteiger partial charge in [0.1, 0.15) is 11.6 Å². The lowest BCUT2D eigenvalue weighted by Gasteiger charge is -2.29. The summed E-state index contributed by atoms with van der Waals surface area (Å²) in [5.41, 5.74) is 1.45. The molecule has 0 N–H and O–H groups in total. The molecule has 4 rings (SSSR count). The first kappa shape index (κ1) is 18.4. The minimum atomic E-state index is -0.299. The Morgan fingerprint density at radius 3 is 2.67 bits per heavy atom. The second-order valence-electron chi connectivity index (χ2n) is 7.52.